The maximum absolute atomic E-state index is 13.8. The summed E-state index contributed by atoms with van der Waals surface area (Å²) in [4.78, 5) is 8.04. The summed E-state index contributed by atoms with van der Waals surface area (Å²) in [5.74, 6) is -3.13. The summed E-state index contributed by atoms with van der Waals surface area (Å²) in [5, 5.41) is 14.1. The number of nitrogen functional groups attached to an aromatic ring is 1. The molecule has 3 rings (SSSR count). The minimum Gasteiger partial charge on any atom is -0.383 e. The number of rotatable bonds is 4. The molecule has 9 heteroatoms. The quantitative estimate of drug-likeness (QED) is 0.657. The van der Waals surface area contributed by atoms with Gasteiger partial charge in [-0.05, 0) is 24.3 Å². The van der Waals surface area contributed by atoms with Crippen LogP contribution in [0.5, 0.6) is 0 Å². The predicted octanol–water partition coefficient (Wildman–Crippen LogP) is 3.83. The topological polar surface area (TPSA) is 99.7 Å². The monoisotopic (exact) mass is 356 g/mol. The molecule has 0 saturated carbocycles. The zero-order valence-corrected chi connectivity index (χ0v) is 13.1. The van der Waals surface area contributed by atoms with Gasteiger partial charge in [0, 0.05) is 23.9 Å². The lowest BCUT2D eigenvalue weighted by Gasteiger charge is -2.11. The summed E-state index contributed by atoms with van der Waals surface area (Å²) >= 11 is 0. The van der Waals surface area contributed by atoms with Crippen molar-refractivity contribution in [2.75, 3.05) is 16.4 Å². The molecule has 1 aromatic heterocycles. The van der Waals surface area contributed by atoms with Crippen molar-refractivity contribution in [3.63, 3.8) is 0 Å². The van der Waals surface area contributed by atoms with Gasteiger partial charge in [-0.3, -0.25) is 0 Å². The van der Waals surface area contributed by atoms with E-state index in [2.05, 4.69) is 20.6 Å². The molecule has 0 aliphatic rings. The van der Waals surface area contributed by atoms with Crippen LogP contribution in [0, 0.1) is 28.8 Å². The van der Waals surface area contributed by atoms with Crippen molar-refractivity contribution in [2.24, 2.45) is 0 Å². The Labute approximate surface area is 146 Å². The first kappa shape index (κ1) is 17.0. The van der Waals surface area contributed by atoms with E-state index < -0.39 is 23.1 Å². The van der Waals surface area contributed by atoms with Crippen molar-refractivity contribution >= 4 is 29.0 Å². The van der Waals surface area contributed by atoms with Crippen LogP contribution in [0.2, 0.25) is 0 Å². The fourth-order valence-electron chi connectivity index (χ4n) is 2.13. The van der Waals surface area contributed by atoms with Crippen LogP contribution in [0.3, 0.4) is 0 Å². The van der Waals surface area contributed by atoms with Crippen LogP contribution >= 0.6 is 0 Å². The van der Waals surface area contributed by atoms with Crippen molar-refractivity contribution in [1.82, 2.24) is 9.97 Å². The first-order chi connectivity index (χ1) is 12.4. The summed E-state index contributed by atoms with van der Waals surface area (Å²) in [5.41, 5.74) is 6.19. The first-order valence-electron chi connectivity index (χ1n) is 7.28. The second kappa shape index (κ2) is 6.98. The summed E-state index contributed by atoms with van der Waals surface area (Å²) in [7, 11) is 0. The summed E-state index contributed by atoms with van der Waals surface area (Å²) < 4.78 is 40.5. The fraction of sp³-hybridized carbons (Fsp3) is 0. The maximum atomic E-state index is 13.8. The van der Waals surface area contributed by atoms with Crippen LogP contribution < -0.4 is 16.4 Å². The fourth-order valence-corrected chi connectivity index (χ4v) is 2.13. The number of benzene rings is 2. The largest absolute Gasteiger partial charge is 0.383 e. The van der Waals surface area contributed by atoms with Crippen LogP contribution in [0.15, 0.2) is 42.5 Å². The molecule has 0 amide bonds. The van der Waals surface area contributed by atoms with Gasteiger partial charge >= 0.3 is 0 Å². The molecule has 26 heavy (non-hydrogen) atoms. The lowest BCUT2D eigenvalue weighted by Crippen LogP contribution is -2.05. The minimum atomic E-state index is -1.11. The van der Waals surface area contributed by atoms with Crippen LogP contribution in [0.25, 0.3) is 0 Å². The molecule has 0 unspecified atom stereocenters. The predicted molar refractivity (Wildman–Crippen MR) is 90.5 cm³/mol. The number of aromatic nitrogens is 2. The minimum absolute atomic E-state index is 0.0121. The molecular formula is C17H11F3N6. The number of nitrogens with one attached hydrogen (secondary N) is 2. The van der Waals surface area contributed by atoms with Gasteiger partial charge in [0.15, 0.2) is 11.6 Å². The molecule has 0 saturated heterocycles. The Morgan fingerprint density at radius 2 is 1.58 bits per heavy atom. The van der Waals surface area contributed by atoms with Crippen LogP contribution in [0.4, 0.5) is 42.1 Å². The molecule has 4 N–H and O–H groups in total. The van der Waals surface area contributed by atoms with Crippen molar-refractivity contribution in [3.05, 3.63) is 65.5 Å². The van der Waals surface area contributed by atoms with Crippen LogP contribution in [0.1, 0.15) is 5.56 Å². The Kier molecular flexibility index (Phi) is 4.57. The number of nitrogens with two attached hydrogens (primary N) is 1. The lowest BCUT2D eigenvalue weighted by molar-refractivity contribution is 0.549. The third kappa shape index (κ3) is 3.81. The van der Waals surface area contributed by atoms with Gasteiger partial charge in [0.2, 0.25) is 5.95 Å². The SMILES string of the molecule is N#Cc1ccc(Nc2nc(N)cc(Nc3c(F)cc(F)cc3F)n2)cc1. The molecule has 0 atom stereocenters. The first-order valence-corrected chi connectivity index (χ1v) is 7.28. The third-order valence-corrected chi connectivity index (χ3v) is 3.28. The smallest absolute Gasteiger partial charge is 0.231 e. The number of hydrogen-bond donors (Lipinski definition) is 3. The molecule has 3 aromatic rings. The van der Waals surface area contributed by atoms with E-state index in [0.717, 1.165) is 0 Å². The lowest BCUT2D eigenvalue weighted by atomic mass is 10.2. The highest BCUT2D eigenvalue weighted by Crippen LogP contribution is 2.25. The van der Waals surface area contributed by atoms with Crippen LogP contribution in [-0.4, -0.2) is 9.97 Å². The molecule has 0 bridgehead atoms. The molecule has 2 aromatic carbocycles. The highest BCUT2D eigenvalue weighted by molar-refractivity contribution is 5.63. The molecule has 6 nitrogen and oxygen atoms in total. The Hall–Kier alpha value is -3.80. The molecule has 0 fully saturated rings. The summed E-state index contributed by atoms with van der Waals surface area (Å²) in [6.45, 7) is 0. The van der Waals surface area contributed by atoms with Gasteiger partial charge in [0.1, 0.15) is 23.1 Å². The molecule has 0 spiro atoms. The Bertz CT molecular complexity index is 975. The average Bonchev–Trinajstić information content (AvgIpc) is 2.58. The van der Waals surface area contributed by atoms with Crippen molar-refractivity contribution in [1.29, 1.82) is 5.26 Å². The van der Waals surface area contributed by atoms with E-state index in [-0.39, 0.29) is 17.6 Å². The highest BCUT2D eigenvalue weighted by Gasteiger charge is 2.13. The van der Waals surface area contributed by atoms with Crippen molar-refractivity contribution < 1.29 is 13.2 Å². The maximum Gasteiger partial charge on any atom is 0.231 e. The van der Waals surface area contributed by atoms with E-state index in [1.807, 2.05) is 6.07 Å². The second-order valence-corrected chi connectivity index (χ2v) is 5.19. The van der Waals surface area contributed by atoms with Gasteiger partial charge in [-0.1, -0.05) is 0 Å². The standard InChI is InChI=1S/C17H11F3N6/c18-10-5-12(19)16(13(20)6-10)25-15-7-14(22)24-17(26-15)23-11-3-1-9(8-21)2-4-11/h1-7H,(H4,22,23,24,25,26). The van der Waals surface area contributed by atoms with E-state index in [1.165, 1.54) is 6.07 Å². The van der Waals surface area contributed by atoms with Crippen molar-refractivity contribution in [3.8, 4) is 6.07 Å². The van der Waals surface area contributed by atoms with Gasteiger partial charge in [0.25, 0.3) is 0 Å². The van der Waals surface area contributed by atoms with E-state index in [1.54, 1.807) is 24.3 Å². The molecule has 0 radical (unpaired) electrons. The second-order valence-electron chi connectivity index (χ2n) is 5.19. The summed E-state index contributed by atoms with van der Waals surface area (Å²) in [6.07, 6.45) is 0. The van der Waals surface area contributed by atoms with Gasteiger partial charge in [-0.25, -0.2) is 13.2 Å². The zero-order valence-electron chi connectivity index (χ0n) is 13.1. The van der Waals surface area contributed by atoms with Crippen LogP contribution in [-0.2, 0) is 0 Å². The van der Waals surface area contributed by atoms with E-state index >= 15 is 0 Å². The number of nitrogens with zero attached hydrogens (tertiary/aromatic N) is 3. The normalized spacial score (nSPS) is 10.2. The molecule has 1 heterocycles. The van der Waals surface area contributed by atoms with Gasteiger partial charge in [-0.15, -0.1) is 0 Å². The van der Waals surface area contributed by atoms with E-state index in [0.29, 0.717) is 23.4 Å². The zero-order chi connectivity index (χ0) is 18.7. The Morgan fingerprint density at radius 3 is 2.19 bits per heavy atom. The average molecular weight is 356 g/mol. The molecule has 130 valence electrons. The molecule has 0 aliphatic carbocycles. The number of anilines is 5. The molecular weight excluding hydrogens is 345 g/mol. The number of nitriles is 1. The number of hydrogen-bond acceptors (Lipinski definition) is 6. The van der Waals surface area contributed by atoms with Gasteiger partial charge in [0.05, 0.1) is 11.6 Å². The van der Waals surface area contributed by atoms with Gasteiger partial charge in [-0.2, -0.15) is 15.2 Å². The summed E-state index contributed by atoms with van der Waals surface area (Å²) in [6, 6.07) is 10.8. The van der Waals surface area contributed by atoms with Gasteiger partial charge < -0.3 is 16.4 Å². The Balaban J connectivity index is 1.87. The highest BCUT2D eigenvalue weighted by atomic mass is 19.1. The third-order valence-electron chi connectivity index (χ3n) is 3.28. The van der Waals surface area contributed by atoms with Crippen molar-refractivity contribution in [2.45, 2.75) is 0 Å². The Morgan fingerprint density at radius 1 is 0.923 bits per heavy atom. The van der Waals surface area contributed by atoms with E-state index in [9.17, 15) is 13.2 Å². The molecule has 0 aliphatic heterocycles. The number of halogens is 3. The van der Waals surface area contributed by atoms with E-state index in [4.69, 9.17) is 11.0 Å².